The number of primary amides is 1. The second-order valence-electron chi connectivity index (χ2n) is 5.37. The Hall–Kier alpha value is -1.13. The van der Waals surface area contributed by atoms with E-state index in [1.165, 1.54) is 5.56 Å². The third-order valence-corrected chi connectivity index (χ3v) is 6.40. The molecule has 0 saturated heterocycles. The van der Waals surface area contributed by atoms with E-state index < -0.39 is 13.2 Å². The van der Waals surface area contributed by atoms with Gasteiger partial charge in [-0.3, -0.25) is 10.1 Å². The quantitative estimate of drug-likeness (QED) is 0.759. The van der Waals surface area contributed by atoms with E-state index in [0.717, 1.165) is 12.1 Å². The maximum atomic E-state index is 11.9. The molecule has 1 aliphatic heterocycles. The third-order valence-electron chi connectivity index (χ3n) is 3.46. The molecule has 0 aromatic heterocycles. The Morgan fingerprint density at radius 3 is 2.56 bits per heavy atom. The van der Waals surface area contributed by atoms with Crippen molar-refractivity contribution in [1.29, 1.82) is 0 Å². The van der Waals surface area contributed by atoms with E-state index in [1.54, 1.807) is 0 Å². The monoisotopic (exact) mass is 234 g/mol. The van der Waals surface area contributed by atoms with E-state index in [-0.39, 0.29) is 5.91 Å². The van der Waals surface area contributed by atoms with Crippen LogP contribution < -0.4 is 11.1 Å². The molecule has 0 bridgehead atoms. The Kier molecular flexibility index (Phi) is 2.44. The number of rotatable bonds is 2. The maximum Gasteiger partial charge on any atom is 0.238 e. The lowest BCUT2D eigenvalue weighted by Crippen LogP contribution is -2.63. The number of hydrogen-bond acceptors (Lipinski definition) is 2. The topological polar surface area (TPSA) is 55.1 Å². The highest BCUT2D eigenvalue weighted by Crippen LogP contribution is 2.38. The van der Waals surface area contributed by atoms with Gasteiger partial charge in [-0.15, -0.1) is 0 Å². The van der Waals surface area contributed by atoms with Crippen LogP contribution in [0.2, 0.25) is 19.6 Å². The van der Waals surface area contributed by atoms with Crippen LogP contribution in [0.15, 0.2) is 24.3 Å². The molecule has 1 amide bonds. The first-order valence-corrected chi connectivity index (χ1v) is 9.03. The molecule has 0 saturated carbocycles. The van der Waals surface area contributed by atoms with E-state index in [1.807, 2.05) is 18.2 Å². The molecule has 0 aliphatic carbocycles. The molecule has 1 aromatic rings. The number of carbonyl (C=O) groups is 1. The van der Waals surface area contributed by atoms with Gasteiger partial charge in [-0.25, -0.2) is 0 Å². The van der Waals surface area contributed by atoms with Gasteiger partial charge in [-0.1, -0.05) is 43.9 Å². The molecule has 3 N–H and O–H groups in total. The first kappa shape index (κ1) is 11.4. The van der Waals surface area contributed by atoms with Gasteiger partial charge in [0.1, 0.15) is 5.16 Å². The van der Waals surface area contributed by atoms with Gasteiger partial charge in [-0.2, -0.15) is 0 Å². The van der Waals surface area contributed by atoms with Crippen molar-refractivity contribution in [1.82, 2.24) is 5.32 Å². The Morgan fingerprint density at radius 2 is 2.00 bits per heavy atom. The molecule has 0 radical (unpaired) electrons. The van der Waals surface area contributed by atoms with Crippen molar-refractivity contribution < 1.29 is 4.79 Å². The first-order chi connectivity index (χ1) is 7.39. The maximum absolute atomic E-state index is 11.9. The van der Waals surface area contributed by atoms with Crippen molar-refractivity contribution in [3.8, 4) is 0 Å². The molecule has 0 fully saturated rings. The number of amides is 1. The van der Waals surface area contributed by atoms with Crippen LogP contribution in [0.1, 0.15) is 11.1 Å². The van der Waals surface area contributed by atoms with Crippen molar-refractivity contribution in [2.75, 3.05) is 0 Å². The summed E-state index contributed by atoms with van der Waals surface area (Å²) in [5.74, 6) is -0.239. The van der Waals surface area contributed by atoms with E-state index in [2.05, 4.69) is 31.0 Å². The number of hydrogen-bond donors (Lipinski definition) is 2. The molecule has 86 valence electrons. The minimum Gasteiger partial charge on any atom is -0.368 e. The predicted octanol–water partition coefficient (Wildman–Crippen LogP) is 1.35. The van der Waals surface area contributed by atoms with Crippen molar-refractivity contribution in [2.45, 2.75) is 31.3 Å². The van der Waals surface area contributed by atoms with E-state index in [9.17, 15) is 4.79 Å². The lowest BCUT2D eigenvalue weighted by atomic mass is 10.0. The molecule has 2 rings (SSSR count). The Bertz CT molecular complexity index is 439. The van der Waals surface area contributed by atoms with Crippen LogP contribution in [-0.4, -0.2) is 14.0 Å². The van der Waals surface area contributed by atoms with Crippen LogP contribution in [-0.2, 0) is 16.5 Å². The zero-order valence-electron chi connectivity index (χ0n) is 10.0. The number of carbonyl (C=O) groups excluding carboxylic acids is 1. The normalized spacial score (nSPS) is 24.2. The van der Waals surface area contributed by atoms with Gasteiger partial charge in [0.05, 0.1) is 8.07 Å². The molecule has 1 aliphatic rings. The fraction of sp³-hybridized carbons (Fsp3) is 0.417. The summed E-state index contributed by atoms with van der Waals surface area (Å²) < 4.78 is 0. The molecular weight excluding hydrogens is 216 g/mol. The van der Waals surface area contributed by atoms with Crippen LogP contribution in [0.5, 0.6) is 0 Å². The predicted molar refractivity (Wildman–Crippen MR) is 67.5 cm³/mol. The Morgan fingerprint density at radius 1 is 1.38 bits per heavy atom. The Labute approximate surface area is 97.0 Å². The zero-order valence-corrected chi connectivity index (χ0v) is 11.0. The van der Waals surface area contributed by atoms with Gasteiger partial charge in [0, 0.05) is 6.54 Å². The average molecular weight is 234 g/mol. The largest absolute Gasteiger partial charge is 0.368 e. The molecule has 1 aromatic carbocycles. The van der Waals surface area contributed by atoms with E-state index in [4.69, 9.17) is 5.73 Å². The lowest BCUT2D eigenvalue weighted by Gasteiger charge is -2.38. The Balaban J connectivity index is 2.66. The van der Waals surface area contributed by atoms with Gasteiger partial charge < -0.3 is 5.73 Å². The average Bonchev–Trinajstić information content (AvgIpc) is 2.56. The van der Waals surface area contributed by atoms with Crippen LogP contribution in [0.4, 0.5) is 0 Å². The van der Waals surface area contributed by atoms with E-state index in [0.29, 0.717) is 0 Å². The summed E-state index contributed by atoms with van der Waals surface area (Å²) in [5.41, 5.74) is 7.95. The van der Waals surface area contributed by atoms with Gasteiger partial charge >= 0.3 is 0 Å². The van der Waals surface area contributed by atoms with Gasteiger partial charge in [0.15, 0.2) is 0 Å². The van der Waals surface area contributed by atoms with Crippen LogP contribution >= 0.6 is 0 Å². The number of nitrogens with two attached hydrogens (primary N) is 1. The fourth-order valence-corrected chi connectivity index (χ4v) is 5.03. The molecule has 4 heteroatoms. The van der Waals surface area contributed by atoms with Crippen LogP contribution in [0.25, 0.3) is 0 Å². The SMILES string of the molecule is C[Si](C)(C)C1(C(N)=O)NCc2ccccc21. The van der Waals surface area contributed by atoms with Crippen molar-refractivity contribution in [3.63, 3.8) is 0 Å². The lowest BCUT2D eigenvalue weighted by molar-refractivity contribution is -0.121. The molecule has 16 heavy (non-hydrogen) atoms. The van der Waals surface area contributed by atoms with Gasteiger partial charge in [-0.05, 0) is 11.1 Å². The highest BCUT2D eigenvalue weighted by Gasteiger charge is 2.53. The summed E-state index contributed by atoms with van der Waals surface area (Å²) in [4.78, 5) is 11.9. The summed E-state index contributed by atoms with van der Waals surface area (Å²) >= 11 is 0. The molecule has 0 spiro atoms. The van der Waals surface area contributed by atoms with Crippen molar-refractivity contribution in [3.05, 3.63) is 35.4 Å². The van der Waals surface area contributed by atoms with Gasteiger partial charge in [0.25, 0.3) is 0 Å². The van der Waals surface area contributed by atoms with Gasteiger partial charge in [0.2, 0.25) is 5.91 Å². The zero-order chi connectivity index (χ0) is 12.0. The highest BCUT2D eigenvalue weighted by atomic mass is 28.3. The van der Waals surface area contributed by atoms with Crippen molar-refractivity contribution in [2.24, 2.45) is 5.73 Å². The van der Waals surface area contributed by atoms with Crippen LogP contribution in [0, 0.1) is 0 Å². The van der Waals surface area contributed by atoms with Crippen molar-refractivity contribution >= 4 is 14.0 Å². The number of nitrogens with one attached hydrogen (secondary N) is 1. The molecular formula is C12H18N2OSi. The standard InChI is InChI=1S/C12H18N2OSi/c1-16(2,3)12(11(13)15)10-7-5-4-6-9(10)8-14-12/h4-7,14H,8H2,1-3H3,(H2,13,15). The summed E-state index contributed by atoms with van der Waals surface area (Å²) in [5, 5.41) is 2.75. The second-order valence-corrected chi connectivity index (χ2v) is 10.6. The smallest absolute Gasteiger partial charge is 0.238 e. The third kappa shape index (κ3) is 1.33. The highest BCUT2D eigenvalue weighted by molar-refractivity contribution is 6.82. The molecule has 1 atom stereocenters. The second kappa shape index (κ2) is 3.43. The first-order valence-electron chi connectivity index (χ1n) is 5.53. The molecule has 1 unspecified atom stereocenters. The minimum atomic E-state index is -1.77. The summed E-state index contributed by atoms with van der Waals surface area (Å²) in [6, 6.07) is 8.07. The minimum absolute atomic E-state index is 0.239. The fourth-order valence-electron chi connectivity index (χ4n) is 2.62. The summed E-state index contributed by atoms with van der Waals surface area (Å²) in [6.45, 7) is 7.26. The summed E-state index contributed by atoms with van der Waals surface area (Å²) in [6.07, 6.45) is 0. The van der Waals surface area contributed by atoms with Crippen LogP contribution in [0.3, 0.4) is 0 Å². The number of benzene rings is 1. The molecule has 1 heterocycles. The number of fused-ring (bicyclic) bond motifs is 1. The molecule has 3 nitrogen and oxygen atoms in total. The van der Waals surface area contributed by atoms with E-state index >= 15 is 0 Å². The summed E-state index contributed by atoms with van der Waals surface area (Å²) in [7, 11) is -1.77.